The van der Waals surface area contributed by atoms with Gasteiger partial charge in [-0.15, -0.1) is 0 Å². The number of carbonyl (C=O) groups excluding carboxylic acids is 2. The molecular weight excluding hydrogens is 370 g/mol. The zero-order valence-corrected chi connectivity index (χ0v) is 14.1. The van der Waals surface area contributed by atoms with Crippen LogP contribution in [0.25, 0.3) is 0 Å². The number of rotatable bonds is 4. The van der Waals surface area contributed by atoms with Crippen molar-refractivity contribution in [3.05, 3.63) is 63.1 Å². The summed E-state index contributed by atoms with van der Waals surface area (Å²) in [5.41, 5.74) is 1.99. The second-order valence-electron chi connectivity index (χ2n) is 4.60. The van der Waals surface area contributed by atoms with Crippen molar-refractivity contribution in [3.63, 3.8) is 0 Å². The van der Waals surface area contributed by atoms with Crippen LogP contribution in [0, 0.1) is 6.92 Å². The van der Waals surface area contributed by atoms with E-state index in [1.807, 2.05) is 19.1 Å². The minimum atomic E-state index is -0.571. The Hall–Kier alpha value is -1.85. The Bertz CT molecular complexity index is 701. The van der Waals surface area contributed by atoms with Crippen LogP contribution in [-0.4, -0.2) is 18.5 Å². The monoisotopic (exact) mass is 381 g/mol. The molecule has 0 saturated carbocycles. The minimum absolute atomic E-state index is 0.344. The molecule has 1 N–H and O–H groups in total. The van der Waals surface area contributed by atoms with Gasteiger partial charge in [-0.2, -0.15) is 0 Å². The fourth-order valence-corrected chi connectivity index (χ4v) is 2.09. The van der Waals surface area contributed by atoms with Gasteiger partial charge in [0.1, 0.15) is 0 Å². The van der Waals surface area contributed by atoms with E-state index < -0.39 is 11.9 Å². The number of nitrogens with one attached hydrogen (secondary N) is 1. The number of aryl methyl sites for hydroxylation is 1. The molecule has 114 valence electrons. The van der Waals surface area contributed by atoms with Crippen LogP contribution in [0.4, 0.5) is 5.69 Å². The Kier molecular flexibility index (Phi) is 5.57. The van der Waals surface area contributed by atoms with E-state index in [9.17, 15) is 9.59 Å². The first-order valence-corrected chi connectivity index (χ1v) is 7.61. The van der Waals surface area contributed by atoms with Crippen molar-refractivity contribution in [2.45, 2.75) is 6.92 Å². The van der Waals surface area contributed by atoms with Gasteiger partial charge < -0.3 is 10.1 Å². The standard InChI is InChI=1S/C16H13BrClNO3/c1-10-8-13(6-7-14(10)17)19-15(20)9-22-16(21)11-2-4-12(18)5-3-11/h2-8H,9H2,1H3,(H,19,20). The molecule has 0 fully saturated rings. The quantitative estimate of drug-likeness (QED) is 0.806. The van der Waals surface area contributed by atoms with Crippen LogP contribution < -0.4 is 5.32 Å². The van der Waals surface area contributed by atoms with Crippen LogP contribution in [0.2, 0.25) is 5.02 Å². The molecule has 0 aliphatic rings. The summed E-state index contributed by atoms with van der Waals surface area (Å²) < 4.78 is 5.91. The van der Waals surface area contributed by atoms with Gasteiger partial charge in [-0.1, -0.05) is 27.5 Å². The van der Waals surface area contributed by atoms with Gasteiger partial charge in [0.05, 0.1) is 5.56 Å². The molecule has 4 nitrogen and oxygen atoms in total. The highest BCUT2D eigenvalue weighted by molar-refractivity contribution is 9.10. The number of halogens is 2. The topological polar surface area (TPSA) is 55.4 Å². The summed E-state index contributed by atoms with van der Waals surface area (Å²) in [7, 11) is 0. The van der Waals surface area contributed by atoms with Crippen LogP contribution in [0.15, 0.2) is 46.9 Å². The largest absolute Gasteiger partial charge is 0.452 e. The Morgan fingerprint density at radius 2 is 1.86 bits per heavy atom. The van der Waals surface area contributed by atoms with Crippen molar-refractivity contribution in [2.24, 2.45) is 0 Å². The highest BCUT2D eigenvalue weighted by Gasteiger charge is 2.10. The average Bonchev–Trinajstić information content (AvgIpc) is 2.49. The van der Waals surface area contributed by atoms with Crippen LogP contribution >= 0.6 is 27.5 Å². The third-order valence-corrected chi connectivity index (χ3v) is 4.00. The summed E-state index contributed by atoms with van der Waals surface area (Å²) in [6, 6.07) is 11.7. The summed E-state index contributed by atoms with van der Waals surface area (Å²) >= 11 is 9.12. The summed E-state index contributed by atoms with van der Waals surface area (Å²) in [5.74, 6) is -0.970. The lowest BCUT2D eigenvalue weighted by atomic mass is 10.2. The SMILES string of the molecule is Cc1cc(NC(=O)COC(=O)c2ccc(Cl)cc2)ccc1Br. The maximum Gasteiger partial charge on any atom is 0.338 e. The van der Waals surface area contributed by atoms with E-state index in [-0.39, 0.29) is 6.61 Å². The first-order chi connectivity index (χ1) is 10.5. The predicted molar refractivity (Wildman–Crippen MR) is 89.2 cm³/mol. The molecule has 0 saturated heterocycles. The first-order valence-electron chi connectivity index (χ1n) is 6.44. The molecule has 0 unspecified atom stereocenters. The van der Waals surface area contributed by atoms with E-state index in [0.29, 0.717) is 16.3 Å². The smallest absolute Gasteiger partial charge is 0.338 e. The molecule has 2 aromatic carbocycles. The van der Waals surface area contributed by atoms with Gasteiger partial charge in [0, 0.05) is 15.2 Å². The van der Waals surface area contributed by atoms with Crippen molar-refractivity contribution in [1.29, 1.82) is 0 Å². The van der Waals surface area contributed by atoms with Crippen molar-refractivity contribution in [2.75, 3.05) is 11.9 Å². The molecule has 0 atom stereocenters. The molecule has 22 heavy (non-hydrogen) atoms. The minimum Gasteiger partial charge on any atom is -0.452 e. The molecule has 0 aliphatic heterocycles. The Balaban J connectivity index is 1.88. The van der Waals surface area contributed by atoms with Gasteiger partial charge in [0.15, 0.2) is 6.61 Å². The molecule has 0 heterocycles. The molecule has 0 bridgehead atoms. The third kappa shape index (κ3) is 4.58. The number of carbonyl (C=O) groups is 2. The summed E-state index contributed by atoms with van der Waals surface area (Å²) in [5, 5.41) is 3.20. The first kappa shape index (κ1) is 16.5. The zero-order valence-electron chi connectivity index (χ0n) is 11.7. The number of amides is 1. The Labute approximate surface area is 141 Å². The fourth-order valence-electron chi connectivity index (χ4n) is 1.72. The maximum atomic E-state index is 11.8. The van der Waals surface area contributed by atoms with Crippen molar-refractivity contribution in [3.8, 4) is 0 Å². The zero-order chi connectivity index (χ0) is 16.1. The number of esters is 1. The van der Waals surface area contributed by atoms with Gasteiger partial charge >= 0.3 is 5.97 Å². The van der Waals surface area contributed by atoms with E-state index in [2.05, 4.69) is 21.2 Å². The van der Waals surface area contributed by atoms with Gasteiger partial charge in [-0.05, 0) is 55.0 Å². The highest BCUT2D eigenvalue weighted by atomic mass is 79.9. The predicted octanol–water partition coefficient (Wildman–Crippen LogP) is 4.21. The van der Waals surface area contributed by atoms with Crippen LogP contribution in [0.3, 0.4) is 0 Å². The van der Waals surface area contributed by atoms with Gasteiger partial charge in [-0.3, -0.25) is 4.79 Å². The Morgan fingerprint density at radius 3 is 2.50 bits per heavy atom. The van der Waals surface area contributed by atoms with E-state index >= 15 is 0 Å². The van der Waals surface area contributed by atoms with Crippen molar-refractivity contribution < 1.29 is 14.3 Å². The lowest BCUT2D eigenvalue weighted by Crippen LogP contribution is -2.20. The molecule has 0 aliphatic carbocycles. The summed E-state index contributed by atoms with van der Waals surface area (Å²) in [6.07, 6.45) is 0. The third-order valence-electron chi connectivity index (χ3n) is 2.86. The van der Waals surface area contributed by atoms with Crippen molar-refractivity contribution in [1.82, 2.24) is 0 Å². The average molecular weight is 383 g/mol. The Morgan fingerprint density at radius 1 is 1.18 bits per heavy atom. The number of ether oxygens (including phenoxy) is 1. The van der Waals surface area contributed by atoms with Crippen LogP contribution in [-0.2, 0) is 9.53 Å². The lowest BCUT2D eigenvalue weighted by Gasteiger charge is -2.08. The lowest BCUT2D eigenvalue weighted by molar-refractivity contribution is -0.119. The molecule has 0 aromatic heterocycles. The van der Waals surface area contributed by atoms with Gasteiger partial charge in [0.2, 0.25) is 0 Å². The second-order valence-corrected chi connectivity index (χ2v) is 5.89. The van der Waals surface area contributed by atoms with Crippen LogP contribution in [0.5, 0.6) is 0 Å². The molecule has 0 radical (unpaired) electrons. The van der Waals surface area contributed by atoms with Crippen LogP contribution in [0.1, 0.15) is 15.9 Å². The van der Waals surface area contributed by atoms with Gasteiger partial charge in [-0.25, -0.2) is 4.79 Å². The second kappa shape index (κ2) is 7.42. The number of anilines is 1. The molecule has 0 spiro atoms. The van der Waals surface area contributed by atoms with E-state index in [1.54, 1.807) is 30.3 Å². The van der Waals surface area contributed by atoms with Gasteiger partial charge in [0.25, 0.3) is 5.91 Å². The fraction of sp³-hybridized carbons (Fsp3) is 0.125. The molecular formula is C16H13BrClNO3. The van der Waals surface area contributed by atoms with Crippen molar-refractivity contribution >= 4 is 45.1 Å². The number of hydrogen-bond acceptors (Lipinski definition) is 3. The normalized spacial score (nSPS) is 10.1. The molecule has 2 aromatic rings. The molecule has 6 heteroatoms. The van der Waals surface area contributed by atoms with E-state index in [1.165, 1.54) is 0 Å². The highest BCUT2D eigenvalue weighted by Crippen LogP contribution is 2.20. The van der Waals surface area contributed by atoms with E-state index in [0.717, 1.165) is 10.0 Å². The maximum absolute atomic E-state index is 11.8. The summed E-state index contributed by atoms with van der Waals surface area (Å²) in [4.78, 5) is 23.5. The number of benzene rings is 2. The molecule has 2 rings (SSSR count). The summed E-state index contributed by atoms with van der Waals surface area (Å²) in [6.45, 7) is 1.57. The molecule has 1 amide bonds. The number of hydrogen-bond donors (Lipinski definition) is 1. The van der Waals surface area contributed by atoms with E-state index in [4.69, 9.17) is 16.3 Å².